The van der Waals surface area contributed by atoms with E-state index in [-0.39, 0.29) is 0 Å². The maximum absolute atomic E-state index is 9.10. The summed E-state index contributed by atoms with van der Waals surface area (Å²) in [7, 11) is 0. The highest BCUT2D eigenvalue weighted by atomic mass is 16.4. The molecule has 0 spiro atoms. The average molecular weight is 989 g/mol. The van der Waals surface area contributed by atoms with E-state index in [1.54, 1.807) is 0 Å². The normalized spacial score (nSPS) is 10.8. The first-order valence-electron chi connectivity index (χ1n) is 23.0. The van der Waals surface area contributed by atoms with E-state index in [4.69, 9.17) is 59.6 Å². The minimum atomic E-state index is -1.82. The fourth-order valence-corrected chi connectivity index (χ4v) is 7.73. The second-order valence-corrected chi connectivity index (χ2v) is 15.9. The van der Waals surface area contributed by atoms with Crippen LogP contribution in [0.1, 0.15) is 24.2 Å². The Kier molecular flexibility index (Phi) is 18.3. The summed E-state index contributed by atoms with van der Waals surface area (Å²) in [5.74, 6) is -7.30. The van der Waals surface area contributed by atoms with Gasteiger partial charge in [-0.2, -0.15) is 0 Å². The second-order valence-electron chi connectivity index (χ2n) is 15.9. The molecule has 370 valence electrons. The van der Waals surface area contributed by atoms with E-state index in [0.717, 1.165) is 104 Å². The van der Waals surface area contributed by atoms with Crippen molar-refractivity contribution in [2.24, 2.45) is 9.98 Å². The molecule has 9 aromatic rings. The number of rotatable bonds is 16. The van der Waals surface area contributed by atoms with Gasteiger partial charge in [-0.15, -0.1) is 0 Å². The number of aliphatic carboxylic acids is 4. The van der Waals surface area contributed by atoms with Crippen LogP contribution < -0.4 is 9.80 Å². The maximum atomic E-state index is 9.10. The Morgan fingerprint density at radius 3 is 1.00 bits per heavy atom. The Balaban J connectivity index is 0.000000598. The van der Waals surface area contributed by atoms with E-state index >= 15 is 0 Å². The van der Waals surface area contributed by atoms with Crippen LogP contribution in [-0.2, 0) is 19.2 Å². The zero-order chi connectivity index (χ0) is 52.1. The molecule has 0 saturated carbocycles. The van der Waals surface area contributed by atoms with Gasteiger partial charge in [0.1, 0.15) is 0 Å². The van der Waals surface area contributed by atoms with Gasteiger partial charge in [0.15, 0.2) is 0 Å². The number of benzene rings is 3. The van der Waals surface area contributed by atoms with Crippen LogP contribution in [0, 0.1) is 0 Å². The lowest BCUT2D eigenvalue weighted by Gasteiger charge is -2.24. The van der Waals surface area contributed by atoms with Crippen molar-refractivity contribution in [3.63, 3.8) is 0 Å². The van der Waals surface area contributed by atoms with Crippen molar-refractivity contribution in [3.05, 3.63) is 194 Å². The molecule has 0 aliphatic heterocycles. The lowest BCUT2D eigenvalue weighted by Crippen LogP contribution is -2.19. The van der Waals surface area contributed by atoms with Gasteiger partial charge in [0.2, 0.25) is 0 Å². The van der Waals surface area contributed by atoms with Gasteiger partial charge in [-0.1, -0.05) is 72.8 Å². The number of hydrogen-bond donors (Lipinski definition) is 4. The Labute approximate surface area is 424 Å². The highest BCUT2D eigenvalue weighted by Crippen LogP contribution is 2.36. The molecular weight excluding hydrogens is 941 g/mol. The molecule has 9 rings (SSSR count). The first-order chi connectivity index (χ1) is 36.1. The number of aliphatic imine (C=N–C) groups is 2. The van der Waals surface area contributed by atoms with Crippen LogP contribution >= 0.6 is 0 Å². The topological polar surface area (TPSA) is 258 Å². The summed E-state index contributed by atoms with van der Waals surface area (Å²) in [4.78, 5) is 78.2. The summed E-state index contributed by atoms with van der Waals surface area (Å²) in [6.45, 7) is 2.81. The molecule has 6 heterocycles. The number of pyridine rings is 6. The van der Waals surface area contributed by atoms with Crippen LogP contribution in [0.2, 0.25) is 0 Å². The van der Waals surface area contributed by atoms with Crippen molar-refractivity contribution >= 4 is 80.9 Å². The number of hydrogen-bond acceptors (Lipinski definition) is 14. The predicted molar refractivity (Wildman–Crippen MR) is 284 cm³/mol. The summed E-state index contributed by atoms with van der Waals surface area (Å²) < 4.78 is 0. The summed E-state index contributed by atoms with van der Waals surface area (Å²) in [5.41, 5.74) is 11.9. The standard InChI is InChI=1S/C52H44N10.2C2H2O4/c1-3-9-39(10-4-1)49-35-41(37-57-23-7-33-61(43-15-25-53-26-16-43)44-17-27-54-28-18-44)59-51-47(49)13-14-48-50(40-11-5-2-6-12-40)36-42(60-52(48)51)38-58-24-8-34-62(45-19-29-55-30-20-45)46-21-31-56-32-22-46;2*3-1(4)2(5)6/h1-6,9-22,25-32,35-38H,7-8,23-24,33-34H2;2*(H,3,4)(H,5,6). The van der Waals surface area contributed by atoms with E-state index in [9.17, 15) is 0 Å². The second kappa shape index (κ2) is 26.2. The zero-order valence-electron chi connectivity index (χ0n) is 39.6. The highest BCUT2D eigenvalue weighted by molar-refractivity contribution is 6.28. The molecule has 0 amide bonds. The van der Waals surface area contributed by atoms with Gasteiger partial charge in [-0.3, -0.25) is 29.9 Å². The first kappa shape index (κ1) is 51.7. The number of carboxylic acid groups (broad SMARTS) is 4. The van der Waals surface area contributed by atoms with E-state index in [2.05, 4.69) is 103 Å². The molecule has 0 saturated heterocycles. The number of nitrogens with zero attached hydrogens (tertiary/aromatic N) is 10. The number of aromatic nitrogens is 6. The van der Waals surface area contributed by atoms with Gasteiger partial charge in [0, 0.05) is 122 Å². The Morgan fingerprint density at radius 2 is 0.716 bits per heavy atom. The lowest BCUT2D eigenvalue weighted by atomic mass is 9.95. The number of carbonyl (C=O) groups is 4. The van der Waals surface area contributed by atoms with Crippen LogP contribution in [-0.4, -0.2) is 113 Å². The summed E-state index contributed by atoms with van der Waals surface area (Å²) >= 11 is 0. The van der Waals surface area contributed by atoms with E-state index in [1.807, 2.05) is 123 Å². The smallest absolute Gasteiger partial charge is 0.414 e. The molecule has 74 heavy (non-hydrogen) atoms. The third kappa shape index (κ3) is 14.3. The molecular formula is C56H48N10O8. The Hall–Kier alpha value is -10.1. The molecule has 0 aliphatic carbocycles. The van der Waals surface area contributed by atoms with Crippen LogP contribution in [0.15, 0.2) is 193 Å². The quantitative estimate of drug-likeness (QED) is 0.0304. The van der Waals surface area contributed by atoms with Gasteiger partial charge in [-0.25, -0.2) is 29.1 Å². The number of fused-ring (bicyclic) bond motifs is 3. The molecule has 0 radical (unpaired) electrons. The van der Waals surface area contributed by atoms with E-state index < -0.39 is 23.9 Å². The fraction of sp³-hybridized carbons (Fsp3) is 0.107. The van der Waals surface area contributed by atoms with Crippen LogP contribution in [0.4, 0.5) is 22.7 Å². The fourth-order valence-electron chi connectivity index (χ4n) is 7.73. The Morgan fingerprint density at radius 1 is 0.419 bits per heavy atom. The minimum Gasteiger partial charge on any atom is -0.473 e. The summed E-state index contributed by atoms with van der Waals surface area (Å²) in [5, 5.41) is 31.6. The molecule has 4 N–H and O–H groups in total. The molecule has 18 heteroatoms. The van der Waals surface area contributed by atoms with Gasteiger partial charge in [0.05, 0.1) is 22.4 Å². The van der Waals surface area contributed by atoms with Gasteiger partial charge in [-0.05, 0) is 95.8 Å². The molecule has 0 aliphatic rings. The third-order valence-corrected chi connectivity index (χ3v) is 11.0. The number of anilines is 4. The monoisotopic (exact) mass is 988 g/mol. The first-order valence-corrected chi connectivity index (χ1v) is 23.0. The molecule has 6 aromatic heterocycles. The maximum Gasteiger partial charge on any atom is 0.414 e. The average Bonchev–Trinajstić information content (AvgIpc) is 3.44. The third-order valence-electron chi connectivity index (χ3n) is 11.0. The van der Waals surface area contributed by atoms with Gasteiger partial charge >= 0.3 is 23.9 Å². The zero-order valence-corrected chi connectivity index (χ0v) is 39.6. The largest absolute Gasteiger partial charge is 0.473 e. The van der Waals surface area contributed by atoms with E-state index in [1.165, 1.54) is 0 Å². The van der Waals surface area contributed by atoms with Crippen LogP contribution in [0.5, 0.6) is 0 Å². The van der Waals surface area contributed by atoms with Crippen molar-refractivity contribution in [2.45, 2.75) is 12.8 Å². The molecule has 3 aromatic carbocycles. The van der Waals surface area contributed by atoms with E-state index in [0.29, 0.717) is 13.1 Å². The molecule has 0 bridgehead atoms. The molecule has 0 fully saturated rings. The van der Waals surface area contributed by atoms with Crippen molar-refractivity contribution in [1.29, 1.82) is 0 Å². The number of carboxylic acids is 4. The van der Waals surface area contributed by atoms with Crippen molar-refractivity contribution in [1.82, 2.24) is 29.9 Å². The summed E-state index contributed by atoms with van der Waals surface area (Å²) in [6.07, 6.45) is 20.0. The molecule has 0 atom stereocenters. The SMILES string of the molecule is C(=NCCCN(c1ccncc1)c1ccncc1)c1cc(-c2ccccc2)c2ccc3c(-c4ccccc4)cc(C=NCCCN(c4ccncc4)c4ccncc4)nc3c2n1.O=C(O)C(=O)O.O=C(O)C(=O)O. The van der Waals surface area contributed by atoms with Crippen molar-refractivity contribution in [3.8, 4) is 22.3 Å². The Bertz CT molecular complexity index is 3030. The predicted octanol–water partition coefficient (Wildman–Crippen LogP) is 9.30. The minimum absolute atomic E-state index is 0.627. The van der Waals surface area contributed by atoms with Gasteiger partial charge < -0.3 is 30.2 Å². The molecule has 0 unspecified atom stereocenters. The highest BCUT2D eigenvalue weighted by Gasteiger charge is 2.16. The van der Waals surface area contributed by atoms with Crippen molar-refractivity contribution < 1.29 is 39.6 Å². The van der Waals surface area contributed by atoms with Gasteiger partial charge in [0.25, 0.3) is 0 Å². The van der Waals surface area contributed by atoms with Crippen molar-refractivity contribution in [2.75, 3.05) is 36.0 Å². The van der Waals surface area contributed by atoms with Crippen LogP contribution in [0.25, 0.3) is 44.1 Å². The lowest BCUT2D eigenvalue weighted by molar-refractivity contribution is -0.159. The molecule has 18 nitrogen and oxygen atoms in total. The van der Waals surface area contributed by atoms with Crippen LogP contribution in [0.3, 0.4) is 0 Å². The summed E-state index contributed by atoms with van der Waals surface area (Å²) in [6, 6.07) is 45.8.